The van der Waals surface area contributed by atoms with Crippen LogP contribution in [0.2, 0.25) is 0 Å². The number of rotatable bonds is 8. The number of carbonyl (C=O) groups is 1. The van der Waals surface area contributed by atoms with Gasteiger partial charge >= 0.3 is 5.97 Å². The molecule has 2 aromatic heterocycles. The van der Waals surface area contributed by atoms with E-state index < -0.39 is 16.9 Å². The third-order valence-corrected chi connectivity index (χ3v) is 7.98. The number of benzene rings is 2. The monoisotopic (exact) mass is 587 g/mol. The van der Waals surface area contributed by atoms with E-state index in [9.17, 15) is 19.7 Å². The zero-order valence-electron chi connectivity index (χ0n) is 23.7. The molecule has 0 amide bonds. The molecular weight excluding hydrogens is 558 g/mol. The number of non-ortho nitro benzene ring substituents is 1. The average Bonchev–Trinajstić information content (AvgIpc) is 3.56. The van der Waals surface area contributed by atoms with Crippen LogP contribution in [0.25, 0.3) is 17.4 Å². The molecule has 1 unspecified atom stereocenters. The van der Waals surface area contributed by atoms with Crippen LogP contribution in [0.1, 0.15) is 56.5 Å². The number of carbonyl (C=O) groups excluding carboxylic acids is 1. The van der Waals surface area contributed by atoms with E-state index in [0.29, 0.717) is 49.4 Å². The number of thiazole rings is 1. The maximum absolute atomic E-state index is 13.9. The molecule has 11 heteroatoms. The normalized spacial score (nSPS) is 15.0. The van der Waals surface area contributed by atoms with E-state index in [-0.39, 0.29) is 17.9 Å². The van der Waals surface area contributed by atoms with Crippen molar-refractivity contribution in [2.75, 3.05) is 13.7 Å². The first-order valence-corrected chi connectivity index (χ1v) is 14.2. The van der Waals surface area contributed by atoms with Crippen LogP contribution in [0.3, 0.4) is 0 Å². The number of nitro groups is 1. The van der Waals surface area contributed by atoms with Gasteiger partial charge in [0.1, 0.15) is 17.3 Å². The lowest BCUT2D eigenvalue weighted by Crippen LogP contribution is -2.39. The second kappa shape index (κ2) is 11.6. The van der Waals surface area contributed by atoms with Gasteiger partial charge in [-0.25, -0.2) is 9.79 Å². The Bertz CT molecular complexity index is 1900. The van der Waals surface area contributed by atoms with Crippen molar-refractivity contribution in [2.24, 2.45) is 4.99 Å². The molecule has 42 heavy (non-hydrogen) atoms. The van der Waals surface area contributed by atoms with Crippen LogP contribution in [0, 0.1) is 10.1 Å². The highest BCUT2D eigenvalue weighted by Gasteiger charge is 2.33. The molecule has 0 spiro atoms. The lowest BCUT2D eigenvalue weighted by atomic mass is 9.93. The number of aromatic nitrogens is 1. The van der Waals surface area contributed by atoms with Crippen molar-refractivity contribution in [1.82, 2.24) is 4.57 Å². The van der Waals surface area contributed by atoms with E-state index in [0.717, 1.165) is 11.1 Å². The standard InChI is InChI=1S/C31H29N3O7S/c1-6-40-30(36)27-18(4)32-31-33(28(27)20-9-7-19(8-10-20)17(2)3)29(35)26(42-31)16-22-12-14-25(41-22)23-15-21(34(37)38)11-13-24(23)39-5/h7-17,28H,6H2,1-5H3. The number of methoxy groups -OCH3 is 1. The van der Waals surface area contributed by atoms with Gasteiger partial charge in [0, 0.05) is 18.2 Å². The van der Waals surface area contributed by atoms with Crippen molar-refractivity contribution in [3.8, 4) is 17.1 Å². The van der Waals surface area contributed by atoms with Crippen molar-refractivity contribution in [3.05, 3.63) is 113 Å². The molecule has 1 atom stereocenters. The summed E-state index contributed by atoms with van der Waals surface area (Å²) in [7, 11) is 1.47. The van der Waals surface area contributed by atoms with Crippen LogP contribution in [-0.4, -0.2) is 29.2 Å². The summed E-state index contributed by atoms with van der Waals surface area (Å²) in [6.45, 7) is 7.86. The molecule has 0 fully saturated rings. The minimum atomic E-state index is -0.718. The molecule has 2 aromatic carbocycles. The lowest BCUT2D eigenvalue weighted by molar-refractivity contribution is -0.384. The predicted octanol–water partition coefficient (Wildman–Crippen LogP) is 5.10. The number of nitro benzene ring substituents is 1. The van der Waals surface area contributed by atoms with Crippen LogP contribution >= 0.6 is 11.3 Å². The minimum absolute atomic E-state index is 0.105. The van der Waals surface area contributed by atoms with Crippen LogP contribution in [0.15, 0.2) is 80.1 Å². The number of furan rings is 1. The molecule has 3 heterocycles. The van der Waals surface area contributed by atoms with E-state index in [4.69, 9.17) is 13.9 Å². The number of ether oxygens (including phenoxy) is 2. The summed E-state index contributed by atoms with van der Waals surface area (Å²) in [5.41, 5.74) is 2.67. The topological polar surface area (TPSA) is 126 Å². The molecule has 0 saturated heterocycles. The van der Waals surface area contributed by atoms with E-state index in [1.54, 1.807) is 32.1 Å². The van der Waals surface area contributed by atoms with Gasteiger partial charge in [-0.05, 0) is 49.1 Å². The van der Waals surface area contributed by atoms with E-state index in [1.165, 1.54) is 41.2 Å². The summed E-state index contributed by atoms with van der Waals surface area (Å²) in [5, 5.41) is 11.3. The lowest BCUT2D eigenvalue weighted by Gasteiger charge is -2.25. The molecule has 0 radical (unpaired) electrons. The van der Waals surface area contributed by atoms with Gasteiger partial charge in [0.05, 0.1) is 46.0 Å². The predicted molar refractivity (Wildman–Crippen MR) is 158 cm³/mol. The van der Waals surface area contributed by atoms with Gasteiger partial charge in [-0.2, -0.15) is 0 Å². The quantitative estimate of drug-likeness (QED) is 0.160. The summed E-state index contributed by atoms with van der Waals surface area (Å²) >= 11 is 1.18. The Morgan fingerprint density at radius 3 is 2.57 bits per heavy atom. The van der Waals surface area contributed by atoms with Gasteiger partial charge in [-0.15, -0.1) is 0 Å². The van der Waals surface area contributed by atoms with Gasteiger partial charge in [-0.1, -0.05) is 49.4 Å². The first-order valence-electron chi connectivity index (χ1n) is 13.3. The Labute approximate surface area is 245 Å². The van der Waals surface area contributed by atoms with Gasteiger partial charge in [-0.3, -0.25) is 19.5 Å². The molecule has 10 nitrogen and oxygen atoms in total. The molecule has 1 aliphatic rings. The largest absolute Gasteiger partial charge is 0.496 e. The first kappa shape index (κ1) is 28.7. The van der Waals surface area contributed by atoms with Gasteiger partial charge in [0.25, 0.3) is 11.2 Å². The van der Waals surface area contributed by atoms with Crippen LogP contribution < -0.4 is 19.6 Å². The van der Waals surface area contributed by atoms with Crippen LogP contribution in [0.5, 0.6) is 5.75 Å². The zero-order valence-corrected chi connectivity index (χ0v) is 24.6. The Balaban J connectivity index is 1.62. The Kier molecular flexibility index (Phi) is 7.95. The highest BCUT2D eigenvalue weighted by Crippen LogP contribution is 2.35. The third kappa shape index (κ3) is 5.30. The van der Waals surface area contributed by atoms with Gasteiger partial charge in [0.15, 0.2) is 4.80 Å². The second-order valence-electron chi connectivity index (χ2n) is 9.97. The fourth-order valence-electron chi connectivity index (χ4n) is 4.88. The second-order valence-corrected chi connectivity index (χ2v) is 11.0. The SMILES string of the molecule is CCOC(=O)C1=C(C)N=c2sc(=Cc3ccc(-c4cc([N+](=O)[O-])ccc4OC)o3)c(=O)n2C1c1ccc(C(C)C)cc1. The van der Waals surface area contributed by atoms with E-state index >= 15 is 0 Å². The molecule has 4 aromatic rings. The smallest absolute Gasteiger partial charge is 0.338 e. The Hall–Kier alpha value is -4.77. The fraction of sp³-hybridized carbons (Fsp3) is 0.258. The molecular formula is C31H29N3O7S. The number of esters is 1. The molecule has 216 valence electrons. The molecule has 0 aliphatic carbocycles. The highest BCUT2D eigenvalue weighted by atomic mass is 32.1. The van der Waals surface area contributed by atoms with Crippen LogP contribution in [-0.2, 0) is 9.53 Å². The first-order chi connectivity index (χ1) is 20.1. The van der Waals surface area contributed by atoms with Crippen molar-refractivity contribution >= 4 is 29.1 Å². The van der Waals surface area contributed by atoms with Crippen molar-refractivity contribution in [3.63, 3.8) is 0 Å². The number of allylic oxidation sites excluding steroid dienone is 1. The summed E-state index contributed by atoms with van der Waals surface area (Å²) < 4.78 is 18.6. The van der Waals surface area contributed by atoms with Crippen molar-refractivity contribution in [1.29, 1.82) is 0 Å². The molecule has 0 bridgehead atoms. The number of fused-ring (bicyclic) bond motifs is 1. The molecule has 0 saturated carbocycles. The third-order valence-electron chi connectivity index (χ3n) is 7.00. The number of hydrogen-bond acceptors (Lipinski definition) is 9. The summed E-state index contributed by atoms with van der Waals surface area (Å²) in [5.74, 6) is 0.919. The average molecular weight is 588 g/mol. The maximum atomic E-state index is 13.9. The fourth-order valence-corrected chi connectivity index (χ4v) is 5.90. The molecule has 1 aliphatic heterocycles. The Morgan fingerprint density at radius 1 is 1.19 bits per heavy atom. The summed E-state index contributed by atoms with van der Waals surface area (Å²) in [4.78, 5) is 42.9. The maximum Gasteiger partial charge on any atom is 0.338 e. The zero-order chi connectivity index (χ0) is 30.1. The van der Waals surface area contributed by atoms with Gasteiger partial charge in [0.2, 0.25) is 0 Å². The Morgan fingerprint density at radius 2 is 1.93 bits per heavy atom. The minimum Gasteiger partial charge on any atom is -0.496 e. The van der Waals surface area contributed by atoms with Crippen molar-refractivity contribution in [2.45, 2.75) is 39.7 Å². The van der Waals surface area contributed by atoms with E-state index in [1.807, 2.05) is 24.3 Å². The van der Waals surface area contributed by atoms with Crippen molar-refractivity contribution < 1.29 is 23.6 Å². The summed E-state index contributed by atoms with van der Waals surface area (Å²) in [6.07, 6.45) is 1.60. The van der Waals surface area contributed by atoms with Gasteiger partial charge < -0.3 is 13.9 Å². The molecule has 0 N–H and O–H groups in total. The molecule has 5 rings (SSSR count). The van der Waals surface area contributed by atoms with E-state index in [2.05, 4.69) is 18.8 Å². The highest BCUT2D eigenvalue weighted by molar-refractivity contribution is 7.07. The number of hydrogen-bond donors (Lipinski definition) is 0. The number of nitrogens with zero attached hydrogens (tertiary/aromatic N) is 3. The summed E-state index contributed by atoms with van der Waals surface area (Å²) in [6, 6.07) is 14.7. The van der Waals surface area contributed by atoms with Crippen LogP contribution in [0.4, 0.5) is 5.69 Å².